The fraction of sp³-hybridized carbons (Fsp3) is 0.0400. The van der Waals surface area contributed by atoms with Gasteiger partial charge in [0.2, 0.25) is 11.7 Å². The standard InChI is InChI=1S/C25H18ClN7O3/c26-16-5-10-21(28-13-16)31-22(34)15-33-20-4-2-1-3-19(20)30-24(33)25(36)29-17-6-8-18(9-7-17)32-12-11-27-14-23(32)35/h1-14H,15H2,(H,29,36)(H,28,31,34). The van der Waals surface area contributed by atoms with E-state index in [0.29, 0.717) is 33.2 Å². The SMILES string of the molecule is O=C(Cn1c(C(=O)Nc2ccc(-n3ccncc3=O)cc2)nc2ccccc21)Nc1ccc(Cl)cn1. The van der Waals surface area contributed by atoms with Crippen LogP contribution >= 0.6 is 11.6 Å². The maximum atomic E-state index is 13.2. The second kappa shape index (κ2) is 9.80. The molecule has 0 saturated heterocycles. The van der Waals surface area contributed by atoms with Gasteiger partial charge in [-0.1, -0.05) is 23.7 Å². The predicted octanol–water partition coefficient (Wildman–Crippen LogP) is 3.52. The van der Waals surface area contributed by atoms with Gasteiger partial charge < -0.3 is 15.2 Å². The maximum absolute atomic E-state index is 13.2. The molecule has 0 spiro atoms. The molecule has 0 fully saturated rings. The summed E-state index contributed by atoms with van der Waals surface area (Å²) < 4.78 is 2.98. The van der Waals surface area contributed by atoms with Crippen LogP contribution in [0.15, 0.2) is 90.2 Å². The monoisotopic (exact) mass is 499 g/mol. The van der Waals surface area contributed by atoms with Gasteiger partial charge in [-0.15, -0.1) is 0 Å². The van der Waals surface area contributed by atoms with E-state index in [1.165, 1.54) is 23.2 Å². The molecule has 0 saturated carbocycles. The first-order valence-electron chi connectivity index (χ1n) is 10.8. The Morgan fingerprint density at radius 2 is 1.75 bits per heavy atom. The van der Waals surface area contributed by atoms with Crippen LogP contribution in [0.5, 0.6) is 0 Å². The van der Waals surface area contributed by atoms with Crippen LogP contribution in [0.1, 0.15) is 10.6 Å². The number of carbonyl (C=O) groups excluding carboxylic acids is 2. The van der Waals surface area contributed by atoms with Gasteiger partial charge in [0.25, 0.3) is 11.5 Å². The molecule has 0 atom stereocenters. The Bertz CT molecular complexity index is 1630. The summed E-state index contributed by atoms with van der Waals surface area (Å²) in [5.74, 6) is -0.454. The largest absolute Gasteiger partial charge is 0.319 e. The zero-order valence-electron chi connectivity index (χ0n) is 18.6. The van der Waals surface area contributed by atoms with Crippen molar-refractivity contribution in [2.24, 2.45) is 0 Å². The van der Waals surface area contributed by atoms with E-state index in [1.54, 1.807) is 71.4 Å². The van der Waals surface area contributed by atoms with E-state index >= 15 is 0 Å². The van der Waals surface area contributed by atoms with Gasteiger partial charge in [0, 0.05) is 30.0 Å². The van der Waals surface area contributed by atoms with E-state index in [9.17, 15) is 14.4 Å². The fourth-order valence-electron chi connectivity index (χ4n) is 3.64. The van der Waals surface area contributed by atoms with Crippen LogP contribution < -0.4 is 16.2 Å². The Morgan fingerprint density at radius 1 is 0.944 bits per heavy atom. The van der Waals surface area contributed by atoms with Gasteiger partial charge in [-0.05, 0) is 48.5 Å². The van der Waals surface area contributed by atoms with Crippen molar-refractivity contribution < 1.29 is 9.59 Å². The number of nitrogens with zero attached hydrogens (tertiary/aromatic N) is 5. The van der Waals surface area contributed by atoms with E-state index in [1.807, 2.05) is 0 Å². The number of fused-ring (bicyclic) bond motifs is 1. The third kappa shape index (κ3) is 4.84. The van der Waals surface area contributed by atoms with Crippen LogP contribution in [0.3, 0.4) is 0 Å². The maximum Gasteiger partial charge on any atom is 0.291 e. The minimum atomic E-state index is -0.488. The van der Waals surface area contributed by atoms with Crippen LogP contribution in [0.2, 0.25) is 5.02 Å². The fourth-order valence-corrected chi connectivity index (χ4v) is 3.75. The minimum absolute atomic E-state index is 0.0739. The van der Waals surface area contributed by atoms with Crippen molar-refractivity contribution in [1.29, 1.82) is 0 Å². The van der Waals surface area contributed by atoms with Crippen LogP contribution in [-0.4, -0.2) is 35.9 Å². The Labute approximate surface area is 209 Å². The Balaban J connectivity index is 1.38. The number of anilines is 2. The normalized spacial score (nSPS) is 10.8. The topological polar surface area (TPSA) is 124 Å². The number of rotatable bonds is 6. The number of carbonyl (C=O) groups is 2. The lowest BCUT2D eigenvalue weighted by Gasteiger charge is -2.11. The molecule has 0 unspecified atom stereocenters. The Morgan fingerprint density at radius 3 is 2.50 bits per heavy atom. The molecule has 0 aliphatic heterocycles. The highest BCUT2D eigenvalue weighted by Crippen LogP contribution is 2.19. The van der Waals surface area contributed by atoms with Gasteiger partial charge in [-0.3, -0.25) is 23.9 Å². The third-order valence-corrected chi connectivity index (χ3v) is 5.51. The van der Waals surface area contributed by atoms with Crippen molar-refractivity contribution >= 4 is 46.0 Å². The zero-order valence-corrected chi connectivity index (χ0v) is 19.4. The number of nitrogens with one attached hydrogen (secondary N) is 2. The van der Waals surface area contributed by atoms with Crippen molar-refractivity contribution in [1.82, 2.24) is 24.1 Å². The van der Waals surface area contributed by atoms with Crippen molar-refractivity contribution in [3.8, 4) is 5.69 Å². The molecular weight excluding hydrogens is 482 g/mol. The molecule has 178 valence electrons. The summed E-state index contributed by atoms with van der Waals surface area (Å²) in [6, 6.07) is 17.1. The van der Waals surface area contributed by atoms with E-state index in [4.69, 9.17) is 11.6 Å². The molecule has 5 aromatic rings. The Kier molecular flexibility index (Phi) is 6.25. The molecule has 3 heterocycles. The second-order valence-corrected chi connectivity index (χ2v) is 8.14. The summed E-state index contributed by atoms with van der Waals surface area (Å²) in [7, 11) is 0. The summed E-state index contributed by atoms with van der Waals surface area (Å²) in [5.41, 5.74) is 2.07. The number of hydrogen-bond donors (Lipinski definition) is 2. The van der Waals surface area contributed by atoms with E-state index in [-0.39, 0.29) is 23.8 Å². The van der Waals surface area contributed by atoms with Crippen molar-refractivity contribution in [2.45, 2.75) is 6.54 Å². The molecule has 2 aromatic carbocycles. The van der Waals surface area contributed by atoms with Gasteiger partial charge in [0.05, 0.1) is 22.3 Å². The number of pyridine rings is 1. The summed E-state index contributed by atoms with van der Waals surface area (Å²) in [6.45, 7) is -0.155. The Hall–Kier alpha value is -4.83. The van der Waals surface area contributed by atoms with Crippen molar-refractivity contribution in [3.05, 3.63) is 107 Å². The summed E-state index contributed by atoms with van der Waals surface area (Å²) in [4.78, 5) is 50.2. The number of imidazole rings is 1. The number of halogens is 1. The van der Waals surface area contributed by atoms with E-state index in [0.717, 1.165) is 0 Å². The lowest BCUT2D eigenvalue weighted by molar-refractivity contribution is -0.116. The third-order valence-electron chi connectivity index (χ3n) is 5.28. The van der Waals surface area contributed by atoms with E-state index < -0.39 is 5.91 Å². The average Bonchev–Trinajstić information content (AvgIpc) is 3.25. The quantitative estimate of drug-likeness (QED) is 0.368. The molecule has 11 heteroatoms. The second-order valence-electron chi connectivity index (χ2n) is 7.71. The first-order chi connectivity index (χ1) is 17.5. The van der Waals surface area contributed by atoms with Crippen LogP contribution in [-0.2, 0) is 11.3 Å². The lowest BCUT2D eigenvalue weighted by Crippen LogP contribution is -2.24. The first kappa shape index (κ1) is 22.9. The van der Waals surface area contributed by atoms with E-state index in [2.05, 4.69) is 25.6 Å². The molecule has 0 aliphatic rings. The summed E-state index contributed by atoms with van der Waals surface area (Å²) in [6.07, 6.45) is 5.72. The highest BCUT2D eigenvalue weighted by atomic mass is 35.5. The molecular formula is C25H18ClN7O3. The number of benzene rings is 2. The molecule has 36 heavy (non-hydrogen) atoms. The van der Waals surface area contributed by atoms with Crippen molar-refractivity contribution in [3.63, 3.8) is 0 Å². The van der Waals surface area contributed by atoms with Crippen LogP contribution in [0.25, 0.3) is 16.7 Å². The molecule has 0 aliphatic carbocycles. The molecule has 0 bridgehead atoms. The molecule has 5 rings (SSSR count). The predicted molar refractivity (Wildman–Crippen MR) is 135 cm³/mol. The zero-order chi connectivity index (χ0) is 25.1. The summed E-state index contributed by atoms with van der Waals surface area (Å²) in [5, 5.41) is 5.95. The van der Waals surface area contributed by atoms with Crippen LogP contribution in [0.4, 0.5) is 11.5 Å². The van der Waals surface area contributed by atoms with Crippen molar-refractivity contribution in [2.75, 3.05) is 10.6 Å². The molecule has 3 aromatic heterocycles. The number of para-hydroxylation sites is 2. The molecule has 0 radical (unpaired) electrons. The number of hydrogen-bond acceptors (Lipinski definition) is 6. The van der Waals surface area contributed by atoms with Gasteiger partial charge in [0.15, 0.2) is 0 Å². The molecule has 10 nitrogen and oxygen atoms in total. The first-order valence-corrected chi connectivity index (χ1v) is 11.2. The van der Waals surface area contributed by atoms with Crippen LogP contribution in [0, 0.1) is 0 Å². The number of amides is 2. The number of aromatic nitrogens is 5. The van der Waals surface area contributed by atoms with Gasteiger partial charge in [0.1, 0.15) is 12.4 Å². The summed E-state index contributed by atoms with van der Waals surface area (Å²) >= 11 is 5.85. The smallest absolute Gasteiger partial charge is 0.291 e. The van der Waals surface area contributed by atoms with Gasteiger partial charge in [-0.25, -0.2) is 9.97 Å². The highest BCUT2D eigenvalue weighted by molar-refractivity contribution is 6.30. The lowest BCUT2D eigenvalue weighted by atomic mass is 10.2. The minimum Gasteiger partial charge on any atom is -0.319 e. The molecule has 2 N–H and O–H groups in total. The highest BCUT2D eigenvalue weighted by Gasteiger charge is 2.20. The van der Waals surface area contributed by atoms with Gasteiger partial charge >= 0.3 is 0 Å². The molecule has 2 amide bonds. The average molecular weight is 500 g/mol. The van der Waals surface area contributed by atoms with Gasteiger partial charge in [-0.2, -0.15) is 0 Å².